The van der Waals surface area contributed by atoms with Crippen molar-refractivity contribution in [2.24, 2.45) is 0 Å². The Hall–Kier alpha value is -3.31. The molecule has 190 valence electrons. The monoisotopic (exact) mass is 506 g/mol. The van der Waals surface area contributed by atoms with Gasteiger partial charge in [0.2, 0.25) is 6.10 Å². The summed E-state index contributed by atoms with van der Waals surface area (Å²) in [7, 11) is 0. The number of fused-ring (bicyclic) bond motifs is 1. The van der Waals surface area contributed by atoms with Gasteiger partial charge in [0.1, 0.15) is 24.7 Å². The van der Waals surface area contributed by atoms with Gasteiger partial charge >= 0.3 is 18.5 Å². The molecule has 0 saturated carbocycles. The number of esters is 1. The molecule has 0 spiro atoms. The standard InChI is InChI=1S/C17H16F6N2O9/c1-2-8-3-10(34-17(21,22)23)4-9-5-12(14(16(18,19)20)33-13(8)9)15(26)32-11(6-30-24-27)7-31-25(28)29/h3-5,11,14,24,27H,2,6-7H2,1H3. The largest absolute Gasteiger partial charge is 0.573 e. The smallest absolute Gasteiger partial charge is 0.475 e. The SMILES string of the molecule is CCc1cc(OC(F)(F)F)cc2c1OC(C(F)(F)F)C(C(=O)OC(CONO)CO[N+](=O)[O-])=C2. The van der Waals surface area contributed by atoms with E-state index in [4.69, 9.17) is 14.7 Å². The molecule has 2 unspecified atom stereocenters. The molecule has 2 atom stereocenters. The van der Waals surface area contributed by atoms with E-state index >= 15 is 0 Å². The molecule has 0 bridgehead atoms. The number of carbonyl (C=O) groups excluding carboxylic acids is 1. The van der Waals surface area contributed by atoms with Crippen LogP contribution in [-0.2, 0) is 25.6 Å². The Morgan fingerprint density at radius 1 is 1.26 bits per heavy atom. The zero-order valence-electron chi connectivity index (χ0n) is 16.9. The molecule has 0 aliphatic carbocycles. The minimum Gasteiger partial charge on any atom is -0.475 e. The van der Waals surface area contributed by atoms with Crippen molar-refractivity contribution in [3.8, 4) is 11.5 Å². The van der Waals surface area contributed by atoms with E-state index in [9.17, 15) is 41.3 Å². The van der Waals surface area contributed by atoms with Crippen molar-refractivity contribution in [2.45, 2.75) is 38.1 Å². The Kier molecular flexibility index (Phi) is 8.51. The second-order valence-corrected chi connectivity index (χ2v) is 6.49. The second kappa shape index (κ2) is 10.7. The fourth-order valence-electron chi connectivity index (χ4n) is 2.83. The van der Waals surface area contributed by atoms with Crippen LogP contribution in [0.2, 0.25) is 0 Å². The molecule has 0 amide bonds. The number of hydrogen-bond donors (Lipinski definition) is 2. The molecule has 11 nitrogen and oxygen atoms in total. The first-order valence-corrected chi connectivity index (χ1v) is 9.12. The summed E-state index contributed by atoms with van der Waals surface area (Å²) < 4.78 is 92.3. The Morgan fingerprint density at radius 3 is 2.47 bits per heavy atom. The maximum Gasteiger partial charge on any atom is 0.573 e. The molecular weight excluding hydrogens is 490 g/mol. The number of rotatable bonds is 10. The summed E-state index contributed by atoms with van der Waals surface area (Å²) in [6.45, 7) is -0.325. The molecule has 0 radical (unpaired) electrons. The fourth-order valence-corrected chi connectivity index (χ4v) is 2.83. The van der Waals surface area contributed by atoms with Crippen LogP contribution in [0.5, 0.6) is 11.5 Å². The molecule has 0 fully saturated rings. The number of halogens is 6. The number of alkyl halides is 6. The van der Waals surface area contributed by atoms with Crippen molar-refractivity contribution < 1.29 is 65.3 Å². The van der Waals surface area contributed by atoms with Crippen LogP contribution in [0.4, 0.5) is 26.3 Å². The van der Waals surface area contributed by atoms with E-state index in [1.165, 1.54) is 12.6 Å². The van der Waals surface area contributed by atoms with Crippen molar-refractivity contribution in [2.75, 3.05) is 13.2 Å². The maximum atomic E-state index is 13.6. The first-order chi connectivity index (χ1) is 15.7. The van der Waals surface area contributed by atoms with E-state index in [2.05, 4.69) is 14.4 Å². The van der Waals surface area contributed by atoms with Gasteiger partial charge in [-0.3, -0.25) is 10.0 Å². The van der Waals surface area contributed by atoms with Gasteiger partial charge in [0.05, 0.1) is 5.57 Å². The lowest BCUT2D eigenvalue weighted by molar-refractivity contribution is -0.759. The Labute approximate surface area is 185 Å². The summed E-state index contributed by atoms with van der Waals surface area (Å²) in [5, 5.41) is 17.5. The van der Waals surface area contributed by atoms with Gasteiger partial charge in [0, 0.05) is 5.56 Å². The third-order valence-corrected chi connectivity index (χ3v) is 4.12. The van der Waals surface area contributed by atoms with Gasteiger partial charge in [-0.05, 0) is 30.2 Å². The average molecular weight is 506 g/mol. The van der Waals surface area contributed by atoms with Gasteiger partial charge in [-0.1, -0.05) is 12.6 Å². The van der Waals surface area contributed by atoms with E-state index in [0.29, 0.717) is 12.1 Å². The van der Waals surface area contributed by atoms with Crippen molar-refractivity contribution in [3.63, 3.8) is 0 Å². The van der Waals surface area contributed by atoms with E-state index in [-0.39, 0.29) is 17.5 Å². The Morgan fingerprint density at radius 2 is 1.94 bits per heavy atom. The van der Waals surface area contributed by atoms with E-state index in [1.54, 1.807) is 0 Å². The van der Waals surface area contributed by atoms with Gasteiger partial charge < -0.3 is 19.0 Å². The van der Waals surface area contributed by atoms with Gasteiger partial charge in [-0.15, -0.1) is 23.3 Å². The zero-order valence-corrected chi connectivity index (χ0v) is 16.9. The highest BCUT2D eigenvalue weighted by atomic mass is 19.4. The number of nitrogens with one attached hydrogen (secondary N) is 1. The van der Waals surface area contributed by atoms with Crippen LogP contribution in [0, 0.1) is 10.1 Å². The minimum atomic E-state index is -5.16. The third kappa shape index (κ3) is 7.35. The molecule has 2 N–H and O–H groups in total. The summed E-state index contributed by atoms with van der Waals surface area (Å²) in [5.74, 6) is -2.87. The summed E-state index contributed by atoms with van der Waals surface area (Å²) >= 11 is 0. The predicted molar refractivity (Wildman–Crippen MR) is 94.7 cm³/mol. The van der Waals surface area contributed by atoms with Gasteiger partial charge in [-0.2, -0.15) is 13.2 Å². The highest BCUT2D eigenvalue weighted by Crippen LogP contribution is 2.42. The lowest BCUT2D eigenvalue weighted by atomic mass is 9.97. The molecule has 1 aromatic rings. The van der Waals surface area contributed by atoms with Gasteiger partial charge in [0.25, 0.3) is 5.09 Å². The topological polar surface area (TPSA) is 139 Å². The minimum absolute atomic E-state index is 0.0403. The second-order valence-electron chi connectivity index (χ2n) is 6.49. The van der Waals surface area contributed by atoms with Crippen LogP contribution in [-0.4, -0.2) is 54.2 Å². The lowest BCUT2D eigenvalue weighted by Gasteiger charge is -2.30. The molecule has 34 heavy (non-hydrogen) atoms. The Bertz CT molecular complexity index is 935. The summed E-state index contributed by atoms with van der Waals surface area (Å²) in [6, 6.07) is 1.56. The average Bonchev–Trinajstić information content (AvgIpc) is 2.71. The number of ether oxygens (including phenoxy) is 3. The van der Waals surface area contributed by atoms with E-state index < -0.39 is 66.1 Å². The quantitative estimate of drug-likeness (QED) is 0.211. The molecule has 2 rings (SSSR count). The molecule has 17 heteroatoms. The van der Waals surface area contributed by atoms with E-state index in [0.717, 1.165) is 6.07 Å². The summed E-state index contributed by atoms with van der Waals surface area (Å²) in [6.07, 6.45) is -14.2. The van der Waals surface area contributed by atoms with Crippen molar-refractivity contribution in [3.05, 3.63) is 38.9 Å². The van der Waals surface area contributed by atoms with Crippen LogP contribution in [0.3, 0.4) is 0 Å². The molecule has 0 saturated heterocycles. The molecule has 0 aromatic heterocycles. The van der Waals surface area contributed by atoms with Crippen LogP contribution >= 0.6 is 0 Å². The Balaban J connectivity index is 2.46. The first kappa shape index (κ1) is 26.9. The van der Waals surface area contributed by atoms with Gasteiger partial charge in [-0.25, -0.2) is 4.79 Å². The summed E-state index contributed by atoms with van der Waals surface area (Å²) in [5.41, 5.74) is -0.388. The molecule has 1 aliphatic rings. The van der Waals surface area contributed by atoms with Crippen LogP contribution in [0.25, 0.3) is 6.08 Å². The molecule has 1 heterocycles. The van der Waals surface area contributed by atoms with Crippen LogP contribution in [0.15, 0.2) is 17.7 Å². The number of aryl methyl sites for hydroxylation is 1. The van der Waals surface area contributed by atoms with Gasteiger partial charge in [0.15, 0.2) is 6.10 Å². The van der Waals surface area contributed by atoms with Crippen LogP contribution in [0.1, 0.15) is 18.1 Å². The zero-order chi connectivity index (χ0) is 25.7. The predicted octanol–water partition coefficient (Wildman–Crippen LogP) is 2.88. The molecular formula is C17H16F6N2O9. The number of nitrogens with zero attached hydrogens (tertiary/aromatic N) is 1. The molecule has 1 aliphatic heterocycles. The van der Waals surface area contributed by atoms with Crippen molar-refractivity contribution in [1.29, 1.82) is 0 Å². The normalized spacial score (nSPS) is 16.6. The maximum absolute atomic E-state index is 13.6. The third-order valence-electron chi connectivity index (χ3n) is 4.12. The molecule has 1 aromatic carbocycles. The van der Waals surface area contributed by atoms with E-state index in [1.807, 2.05) is 0 Å². The summed E-state index contributed by atoms with van der Waals surface area (Å²) in [4.78, 5) is 31.1. The number of carbonyl (C=O) groups is 1. The van der Waals surface area contributed by atoms with Crippen LogP contribution < -0.4 is 15.1 Å². The number of hydrogen-bond acceptors (Lipinski definition) is 10. The van der Waals surface area contributed by atoms with Crippen molar-refractivity contribution >= 4 is 12.0 Å². The fraction of sp³-hybridized carbons (Fsp3) is 0.471. The number of benzene rings is 1. The highest BCUT2D eigenvalue weighted by molar-refractivity contribution is 5.96. The lowest BCUT2D eigenvalue weighted by Crippen LogP contribution is -2.42. The first-order valence-electron chi connectivity index (χ1n) is 9.12. The van der Waals surface area contributed by atoms with Crippen molar-refractivity contribution in [1.82, 2.24) is 5.64 Å². The highest BCUT2D eigenvalue weighted by Gasteiger charge is 2.49.